The number of carbonyl (C=O) groups excluding carboxylic acids is 3. The number of ether oxygens (including phenoxy) is 3. The van der Waals surface area contributed by atoms with Crippen molar-refractivity contribution in [2.75, 3.05) is 26.4 Å². The highest BCUT2D eigenvalue weighted by atomic mass is 31.2. The molecule has 0 heterocycles. The lowest BCUT2D eigenvalue weighted by atomic mass is 10.0. The second-order valence-corrected chi connectivity index (χ2v) is 22.7. The fourth-order valence-corrected chi connectivity index (χ4v) is 9.68. The van der Waals surface area contributed by atoms with E-state index < -0.39 is 57.8 Å². The number of esters is 3. The van der Waals surface area contributed by atoms with Gasteiger partial charge in [-0.05, 0) is 77.0 Å². The van der Waals surface area contributed by atoms with Gasteiger partial charge in [0.1, 0.15) is 12.7 Å². The molecule has 0 saturated carbocycles. The molecule has 0 spiro atoms. The van der Waals surface area contributed by atoms with Crippen molar-refractivity contribution in [1.82, 2.24) is 0 Å². The van der Waals surface area contributed by atoms with Crippen LogP contribution in [0.25, 0.3) is 0 Å². The van der Waals surface area contributed by atoms with Crippen molar-refractivity contribution < 1.29 is 52.2 Å². The average Bonchev–Trinajstić information content (AvgIpc) is 3.41. The van der Waals surface area contributed by atoms with Crippen LogP contribution in [0.3, 0.4) is 0 Å². The summed E-state index contributed by atoms with van der Waals surface area (Å²) >= 11 is 0. The van der Waals surface area contributed by atoms with Crippen LogP contribution in [0.4, 0.5) is 0 Å². The van der Waals surface area contributed by atoms with Crippen molar-refractivity contribution in [1.29, 1.82) is 0 Å². The van der Waals surface area contributed by atoms with Gasteiger partial charge in [-0.1, -0.05) is 256 Å². The standard InChI is InChI=1S/C64H117O11P/c1-4-7-10-13-16-19-22-25-27-29-30-32-33-36-38-41-44-47-50-53-62(66)71-57-61(75-64(68)55-52-49-46-43-40-37-34-31-28-26-23-20-17-14-11-8-5-2)59-73-76(69,70)72-58-60(56-65)74-63(67)54-51-48-45-42-39-35-24-21-18-15-12-9-6-3/h12,15-16,19,21,24-25,27,60-61,65H,4-11,13-14,17-18,20,22-23,26,28-59H2,1-3H3,(H,69,70)/b15-12-,19-16-,24-21-,27-25-. The minimum absolute atomic E-state index is 0.162. The van der Waals surface area contributed by atoms with Gasteiger partial charge in [0.15, 0.2) is 6.10 Å². The molecule has 0 aliphatic carbocycles. The molecule has 0 radical (unpaired) electrons. The Kier molecular flexibility index (Phi) is 56.6. The number of carbonyl (C=O) groups is 3. The SMILES string of the molecule is CCC/C=C\C/C=C\CCCCCCCC(=O)OC(CO)COP(=O)(O)OCC(COC(=O)CCCCCCCCCCC/C=C\C/C=C\CCCCC)OC(=O)CCCCCCCCCCCCCCCCCCC. The number of rotatable bonds is 59. The van der Waals surface area contributed by atoms with Crippen LogP contribution in [0.5, 0.6) is 0 Å². The summed E-state index contributed by atoms with van der Waals surface area (Å²) < 4.78 is 39.6. The minimum atomic E-state index is -4.75. The Labute approximate surface area is 466 Å². The van der Waals surface area contributed by atoms with Crippen LogP contribution in [0.1, 0.15) is 303 Å². The highest BCUT2D eigenvalue weighted by Crippen LogP contribution is 2.43. The first kappa shape index (κ1) is 73.4. The van der Waals surface area contributed by atoms with E-state index in [1.165, 1.54) is 148 Å². The Bertz CT molecular complexity index is 1460. The van der Waals surface area contributed by atoms with E-state index in [4.69, 9.17) is 23.3 Å². The summed E-state index contributed by atoms with van der Waals surface area (Å²) in [6.07, 6.45) is 63.5. The maximum atomic E-state index is 12.9. The lowest BCUT2D eigenvalue weighted by Crippen LogP contribution is -2.30. The van der Waals surface area contributed by atoms with Gasteiger partial charge in [0, 0.05) is 19.3 Å². The van der Waals surface area contributed by atoms with E-state index in [0.29, 0.717) is 19.3 Å². The number of aliphatic hydroxyl groups is 1. The molecule has 3 atom stereocenters. The second kappa shape index (κ2) is 58.6. The van der Waals surface area contributed by atoms with Gasteiger partial charge in [-0.3, -0.25) is 23.4 Å². The fraction of sp³-hybridized carbons (Fsp3) is 0.828. The van der Waals surface area contributed by atoms with Crippen molar-refractivity contribution in [3.8, 4) is 0 Å². The molecular formula is C64H117O11P. The fourth-order valence-electron chi connectivity index (χ4n) is 8.90. The molecule has 0 bridgehead atoms. The summed E-state index contributed by atoms with van der Waals surface area (Å²) in [4.78, 5) is 48.7. The van der Waals surface area contributed by atoms with Crippen LogP contribution < -0.4 is 0 Å². The summed E-state index contributed by atoms with van der Waals surface area (Å²) in [5.74, 6) is -1.46. The van der Waals surface area contributed by atoms with Crippen LogP contribution in [-0.2, 0) is 42.2 Å². The Hall–Kier alpha value is -2.56. The first-order valence-corrected chi connectivity index (χ1v) is 33.0. The molecular weight excluding hydrogens is 976 g/mol. The first-order valence-electron chi connectivity index (χ1n) is 31.5. The highest BCUT2D eigenvalue weighted by Gasteiger charge is 2.28. The predicted molar refractivity (Wildman–Crippen MR) is 316 cm³/mol. The molecule has 0 aliphatic heterocycles. The molecule has 444 valence electrons. The van der Waals surface area contributed by atoms with Crippen molar-refractivity contribution in [2.24, 2.45) is 0 Å². The van der Waals surface area contributed by atoms with Gasteiger partial charge in [-0.15, -0.1) is 0 Å². The Balaban J connectivity index is 4.69. The van der Waals surface area contributed by atoms with Crippen molar-refractivity contribution >= 4 is 25.7 Å². The molecule has 12 heteroatoms. The monoisotopic (exact) mass is 1090 g/mol. The van der Waals surface area contributed by atoms with Gasteiger partial charge in [-0.25, -0.2) is 4.57 Å². The zero-order valence-electron chi connectivity index (χ0n) is 49.2. The van der Waals surface area contributed by atoms with Crippen LogP contribution in [0, 0.1) is 0 Å². The summed E-state index contributed by atoms with van der Waals surface area (Å²) in [7, 11) is -4.75. The third-order valence-electron chi connectivity index (χ3n) is 13.7. The molecule has 0 aromatic heterocycles. The molecule has 0 aromatic carbocycles. The molecule has 0 aliphatic rings. The number of aliphatic hydroxyl groups excluding tert-OH is 1. The largest absolute Gasteiger partial charge is 0.472 e. The molecule has 0 amide bonds. The van der Waals surface area contributed by atoms with E-state index in [0.717, 1.165) is 96.3 Å². The second-order valence-electron chi connectivity index (χ2n) is 21.2. The molecule has 0 aromatic rings. The third kappa shape index (κ3) is 56.2. The lowest BCUT2D eigenvalue weighted by molar-refractivity contribution is -0.161. The van der Waals surface area contributed by atoms with Crippen LogP contribution >= 0.6 is 7.82 Å². The maximum absolute atomic E-state index is 12.9. The number of unbranched alkanes of at least 4 members (excludes halogenated alkanes) is 34. The van der Waals surface area contributed by atoms with E-state index in [2.05, 4.69) is 69.4 Å². The van der Waals surface area contributed by atoms with Gasteiger partial charge in [-0.2, -0.15) is 0 Å². The van der Waals surface area contributed by atoms with Crippen LogP contribution in [-0.4, -0.2) is 66.5 Å². The summed E-state index contributed by atoms with van der Waals surface area (Å²) in [5.41, 5.74) is 0. The minimum Gasteiger partial charge on any atom is -0.462 e. The molecule has 11 nitrogen and oxygen atoms in total. The molecule has 3 unspecified atom stereocenters. The zero-order chi connectivity index (χ0) is 55.5. The summed E-state index contributed by atoms with van der Waals surface area (Å²) in [6.45, 7) is 4.59. The van der Waals surface area contributed by atoms with Gasteiger partial charge >= 0.3 is 25.7 Å². The van der Waals surface area contributed by atoms with Crippen LogP contribution in [0.2, 0.25) is 0 Å². The van der Waals surface area contributed by atoms with Gasteiger partial charge in [0.2, 0.25) is 0 Å². The van der Waals surface area contributed by atoms with Crippen molar-refractivity contribution in [2.45, 2.75) is 315 Å². The average molecular weight is 1090 g/mol. The van der Waals surface area contributed by atoms with Crippen molar-refractivity contribution in [3.05, 3.63) is 48.6 Å². The molecule has 2 N–H and O–H groups in total. The molecule has 0 rings (SSSR count). The number of phosphoric acid groups is 1. The molecule has 0 fully saturated rings. The zero-order valence-corrected chi connectivity index (χ0v) is 50.1. The number of hydrogen-bond donors (Lipinski definition) is 2. The summed E-state index contributed by atoms with van der Waals surface area (Å²) in [6, 6.07) is 0. The van der Waals surface area contributed by atoms with E-state index in [-0.39, 0.29) is 25.9 Å². The van der Waals surface area contributed by atoms with E-state index in [1.807, 2.05) is 0 Å². The van der Waals surface area contributed by atoms with Crippen LogP contribution in [0.15, 0.2) is 48.6 Å². The first-order chi connectivity index (χ1) is 37.2. The van der Waals surface area contributed by atoms with E-state index in [9.17, 15) is 28.9 Å². The molecule has 76 heavy (non-hydrogen) atoms. The van der Waals surface area contributed by atoms with E-state index in [1.54, 1.807) is 0 Å². The topological polar surface area (TPSA) is 155 Å². The maximum Gasteiger partial charge on any atom is 0.472 e. The normalized spacial score (nSPS) is 13.6. The Morgan fingerprint density at radius 3 is 1.05 bits per heavy atom. The van der Waals surface area contributed by atoms with Gasteiger partial charge in [0.25, 0.3) is 0 Å². The van der Waals surface area contributed by atoms with Gasteiger partial charge < -0.3 is 24.2 Å². The van der Waals surface area contributed by atoms with Crippen molar-refractivity contribution in [3.63, 3.8) is 0 Å². The molecule has 0 saturated heterocycles. The Morgan fingerprint density at radius 1 is 0.368 bits per heavy atom. The lowest BCUT2D eigenvalue weighted by Gasteiger charge is -2.21. The Morgan fingerprint density at radius 2 is 0.671 bits per heavy atom. The summed E-state index contributed by atoms with van der Waals surface area (Å²) in [5, 5.41) is 9.82. The quantitative estimate of drug-likeness (QED) is 0.0197. The third-order valence-corrected chi connectivity index (χ3v) is 14.7. The van der Waals surface area contributed by atoms with E-state index >= 15 is 0 Å². The predicted octanol–water partition coefficient (Wildman–Crippen LogP) is 18.9. The number of hydrogen-bond acceptors (Lipinski definition) is 10. The highest BCUT2D eigenvalue weighted by molar-refractivity contribution is 7.47. The smallest absolute Gasteiger partial charge is 0.462 e. The number of phosphoric ester groups is 1. The number of allylic oxidation sites excluding steroid dienone is 8. The van der Waals surface area contributed by atoms with Gasteiger partial charge in [0.05, 0.1) is 19.8 Å².